The molecule has 0 bridgehead atoms. The van der Waals surface area contributed by atoms with Gasteiger partial charge in [-0.25, -0.2) is 0 Å². The number of rotatable bonds is 0. The van der Waals surface area contributed by atoms with E-state index < -0.39 is 0 Å². The molecule has 1 spiro atoms. The van der Waals surface area contributed by atoms with Gasteiger partial charge in [-0.1, -0.05) is 11.6 Å². The van der Waals surface area contributed by atoms with Crippen LogP contribution in [0.1, 0.15) is 59.3 Å². The Morgan fingerprint density at radius 1 is 1.24 bits per heavy atom. The largest absolute Gasteiger partial charge is 0.373 e. The van der Waals surface area contributed by atoms with E-state index in [1.807, 2.05) is 0 Å². The number of hydrogen-bond acceptors (Lipinski definition) is 2. The average molecular weight is 252 g/mol. The monoisotopic (exact) mass is 252 g/mol. The molecule has 96 valence electrons. The van der Waals surface area contributed by atoms with Crippen LogP contribution in [0, 0.1) is 0 Å². The molecule has 1 saturated carbocycles. The summed E-state index contributed by atoms with van der Waals surface area (Å²) in [6, 6.07) is 0. The van der Waals surface area contributed by atoms with Crippen molar-refractivity contribution in [1.82, 2.24) is 0 Å². The molecule has 2 fully saturated rings. The number of hydrogen-bond donors (Lipinski definition) is 0. The van der Waals surface area contributed by atoms with E-state index in [1.165, 1.54) is 32.1 Å². The van der Waals surface area contributed by atoms with Crippen molar-refractivity contribution in [3.63, 3.8) is 0 Å². The summed E-state index contributed by atoms with van der Waals surface area (Å²) in [7, 11) is 0. The summed E-state index contributed by atoms with van der Waals surface area (Å²) in [5.74, 6) is 0. The van der Waals surface area contributed by atoms with Gasteiger partial charge in [0.05, 0.1) is 17.0 Å². The van der Waals surface area contributed by atoms with Crippen LogP contribution in [0.5, 0.6) is 0 Å². The lowest BCUT2D eigenvalue weighted by Crippen LogP contribution is -2.51. The lowest BCUT2D eigenvalue weighted by molar-refractivity contribution is -0.0750. The van der Waals surface area contributed by atoms with Crippen molar-refractivity contribution in [1.29, 1.82) is 0 Å². The van der Waals surface area contributed by atoms with Gasteiger partial charge in [-0.15, -0.1) is 11.8 Å². The van der Waals surface area contributed by atoms with E-state index >= 15 is 0 Å². The average Bonchev–Trinajstić information content (AvgIpc) is 2.89. The molecule has 17 heavy (non-hydrogen) atoms. The van der Waals surface area contributed by atoms with Crippen LogP contribution in [0.2, 0.25) is 0 Å². The Labute approximate surface area is 109 Å². The van der Waals surface area contributed by atoms with Gasteiger partial charge in [-0.3, -0.25) is 0 Å². The number of thioether (sulfide) groups is 1. The fourth-order valence-corrected chi connectivity index (χ4v) is 6.04. The first kappa shape index (κ1) is 12.1. The molecule has 1 nitrogen and oxygen atoms in total. The van der Waals surface area contributed by atoms with E-state index in [1.54, 1.807) is 5.57 Å². The van der Waals surface area contributed by atoms with Gasteiger partial charge in [-0.2, -0.15) is 0 Å². The van der Waals surface area contributed by atoms with Gasteiger partial charge < -0.3 is 4.74 Å². The second kappa shape index (κ2) is 3.77. The highest BCUT2D eigenvalue weighted by atomic mass is 32.2. The van der Waals surface area contributed by atoms with Crippen LogP contribution in [0.25, 0.3) is 0 Å². The second-order valence-electron chi connectivity index (χ2n) is 6.43. The Hall–Kier alpha value is 0.0500. The van der Waals surface area contributed by atoms with Crippen molar-refractivity contribution in [2.24, 2.45) is 0 Å². The molecule has 2 heteroatoms. The predicted octanol–water partition coefficient (Wildman–Crippen LogP) is 4.32. The summed E-state index contributed by atoms with van der Waals surface area (Å²) < 4.78 is 7.27. The Morgan fingerprint density at radius 3 is 2.88 bits per heavy atom. The summed E-state index contributed by atoms with van der Waals surface area (Å²) >= 11 is 2.21. The van der Waals surface area contributed by atoms with Gasteiger partial charge in [0.1, 0.15) is 0 Å². The normalized spacial score (nSPS) is 53.2. The van der Waals surface area contributed by atoms with Crippen LogP contribution < -0.4 is 0 Å². The van der Waals surface area contributed by atoms with Gasteiger partial charge >= 0.3 is 0 Å². The van der Waals surface area contributed by atoms with Crippen molar-refractivity contribution in [3.05, 3.63) is 11.6 Å². The molecular weight excluding hydrogens is 228 g/mol. The molecule has 0 amide bonds. The third-order valence-electron chi connectivity index (χ3n) is 5.28. The Kier molecular flexibility index (Phi) is 2.68. The summed E-state index contributed by atoms with van der Waals surface area (Å²) in [6.07, 6.45) is 10.0. The molecule has 0 aromatic carbocycles. The lowest BCUT2D eigenvalue weighted by atomic mass is 9.68. The minimum Gasteiger partial charge on any atom is -0.373 e. The molecule has 3 atom stereocenters. The summed E-state index contributed by atoms with van der Waals surface area (Å²) in [6.45, 7) is 8.04. The zero-order valence-electron chi connectivity index (χ0n) is 11.3. The van der Waals surface area contributed by atoms with Gasteiger partial charge in [0.25, 0.3) is 0 Å². The van der Waals surface area contributed by atoms with Crippen molar-refractivity contribution >= 4 is 11.8 Å². The first-order valence-electron chi connectivity index (χ1n) is 7.01. The fourth-order valence-electron chi connectivity index (χ4n) is 4.08. The lowest BCUT2D eigenvalue weighted by Gasteiger charge is -2.43. The van der Waals surface area contributed by atoms with Crippen LogP contribution in [-0.2, 0) is 4.74 Å². The van der Waals surface area contributed by atoms with E-state index in [0.29, 0.717) is 9.49 Å². The maximum absolute atomic E-state index is 6.35. The van der Waals surface area contributed by atoms with E-state index in [9.17, 15) is 0 Å². The summed E-state index contributed by atoms with van der Waals surface area (Å²) in [5.41, 5.74) is 1.69. The molecule has 2 heterocycles. The third kappa shape index (κ3) is 1.63. The highest BCUT2D eigenvalue weighted by molar-refractivity contribution is 8.09. The smallest absolute Gasteiger partial charge is 0.0814 e. The predicted molar refractivity (Wildman–Crippen MR) is 74.5 cm³/mol. The van der Waals surface area contributed by atoms with E-state index in [4.69, 9.17) is 4.74 Å². The molecule has 3 aliphatic rings. The van der Waals surface area contributed by atoms with Crippen LogP contribution in [-0.4, -0.2) is 21.7 Å². The topological polar surface area (TPSA) is 9.23 Å². The van der Waals surface area contributed by atoms with Crippen molar-refractivity contribution < 1.29 is 4.74 Å². The zero-order chi connectivity index (χ0) is 12.1. The van der Waals surface area contributed by atoms with E-state index in [0.717, 1.165) is 13.0 Å². The molecule has 3 rings (SSSR count). The highest BCUT2D eigenvalue weighted by Gasteiger charge is 2.74. The van der Waals surface area contributed by atoms with E-state index in [2.05, 4.69) is 38.6 Å². The van der Waals surface area contributed by atoms with Crippen LogP contribution in [0.15, 0.2) is 11.6 Å². The van der Waals surface area contributed by atoms with Gasteiger partial charge in [0.15, 0.2) is 0 Å². The van der Waals surface area contributed by atoms with Crippen molar-refractivity contribution in [2.45, 2.75) is 74.4 Å². The van der Waals surface area contributed by atoms with Crippen molar-refractivity contribution in [2.75, 3.05) is 6.61 Å². The van der Waals surface area contributed by atoms with Crippen molar-refractivity contribution in [3.8, 4) is 0 Å². The standard InChI is InChI=1S/C15H24OS/c1-12-6-4-11-16-13(2)8-5-9-14(3)15(13,17-14)10-7-12/h6H,4-5,7-11H2,1-3H3/b12-6-/t13-,14?,15?/m0/s1. The maximum atomic E-state index is 6.35. The third-order valence-corrected chi connectivity index (χ3v) is 7.51. The SMILES string of the molecule is C/C1=C/CCO[C@@]2(C)CCCC3(C)SC32CC1. The maximum Gasteiger partial charge on any atom is 0.0814 e. The molecule has 2 aliphatic heterocycles. The van der Waals surface area contributed by atoms with Crippen LogP contribution in [0.4, 0.5) is 0 Å². The Balaban J connectivity index is 1.91. The fraction of sp³-hybridized carbons (Fsp3) is 0.867. The Morgan fingerprint density at radius 2 is 2.06 bits per heavy atom. The van der Waals surface area contributed by atoms with E-state index in [-0.39, 0.29) is 5.60 Å². The Bertz CT molecular complexity index is 364. The molecule has 0 N–H and O–H groups in total. The second-order valence-corrected chi connectivity index (χ2v) is 8.23. The molecular formula is C15H24OS. The van der Waals surface area contributed by atoms with Gasteiger partial charge in [-0.05, 0) is 59.3 Å². The first-order valence-corrected chi connectivity index (χ1v) is 7.83. The van der Waals surface area contributed by atoms with Gasteiger partial charge in [0, 0.05) is 4.75 Å². The molecule has 0 radical (unpaired) electrons. The number of ether oxygens (including phenoxy) is 1. The van der Waals surface area contributed by atoms with Crippen LogP contribution in [0.3, 0.4) is 0 Å². The molecule has 1 saturated heterocycles. The highest BCUT2D eigenvalue weighted by Crippen LogP contribution is 2.76. The van der Waals surface area contributed by atoms with Gasteiger partial charge in [0.2, 0.25) is 0 Å². The quantitative estimate of drug-likeness (QED) is 0.469. The minimum absolute atomic E-state index is 0.128. The molecule has 0 aromatic rings. The first-order chi connectivity index (χ1) is 8.02. The molecule has 1 aliphatic carbocycles. The summed E-state index contributed by atoms with van der Waals surface area (Å²) in [4.78, 5) is 0. The van der Waals surface area contributed by atoms with Crippen LogP contribution >= 0.6 is 11.8 Å². The molecule has 0 aromatic heterocycles. The molecule has 2 unspecified atom stereocenters. The minimum atomic E-state index is 0.128. The summed E-state index contributed by atoms with van der Waals surface area (Å²) in [5, 5.41) is 0. The zero-order valence-corrected chi connectivity index (χ0v) is 12.2. The number of allylic oxidation sites excluding steroid dienone is 1.